The van der Waals surface area contributed by atoms with Gasteiger partial charge in [0, 0.05) is 38.6 Å². The maximum absolute atomic E-state index is 10.1. The monoisotopic (exact) mass is 447 g/mol. The highest BCUT2D eigenvalue weighted by molar-refractivity contribution is 6.38. The van der Waals surface area contributed by atoms with Crippen molar-refractivity contribution >= 4 is 28.9 Å². The van der Waals surface area contributed by atoms with Crippen molar-refractivity contribution < 1.29 is 5.11 Å². The second-order valence-electron chi connectivity index (χ2n) is 7.55. The van der Waals surface area contributed by atoms with E-state index in [1.165, 1.54) is 0 Å². The zero-order valence-electron chi connectivity index (χ0n) is 16.8. The van der Waals surface area contributed by atoms with Crippen LogP contribution in [0.2, 0.25) is 10.0 Å². The number of tetrazole rings is 1. The predicted molar refractivity (Wildman–Crippen MR) is 116 cm³/mol. The molecular formula is C20H23Cl2N7O. The van der Waals surface area contributed by atoms with E-state index in [0.29, 0.717) is 10.0 Å². The second-order valence-corrected chi connectivity index (χ2v) is 8.36. The standard InChI is InChI=1S/C20H23Cl2N7O/c1-13(2)29-20(24-25-26-29)18(14-4-3-5-15(30)10-14)27-6-8-28(9-7-27)19-16(21)11-23-12-17(19)22/h3-5,10-13,18,30H,6-9H2,1-2H3. The smallest absolute Gasteiger partial charge is 0.173 e. The molecule has 0 bridgehead atoms. The van der Waals surface area contributed by atoms with E-state index in [9.17, 15) is 5.11 Å². The third kappa shape index (κ3) is 4.08. The second kappa shape index (κ2) is 8.75. The van der Waals surface area contributed by atoms with Gasteiger partial charge in [0.25, 0.3) is 0 Å². The van der Waals surface area contributed by atoms with E-state index in [1.54, 1.807) is 24.5 Å². The van der Waals surface area contributed by atoms with Gasteiger partial charge in [-0.05, 0) is 42.0 Å². The Morgan fingerprint density at radius 3 is 2.37 bits per heavy atom. The minimum Gasteiger partial charge on any atom is -0.508 e. The topological polar surface area (TPSA) is 83.2 Å². The van der Waals surface area contributed by atoms with Gasteiger partial charge < -0.3 is 10.0 Å². The number of nitrogens with zero attached hydrogens (tertiary/aromatic N) is 7. The summed E-state index contributed by atoms with van der Waals surface area (Å²) in [6.07, 6.45) is 3.23. The molecule has 8 nitrogen and oxygen atoms in total. The number of halogens is 2. The molecule has 1 N–H and O–H groups in total. The molecule has 3 heterocycles. The first-order valence-electron chi connectivity index (χ1n) is 9.80. The van der Waals surface area contributed by atoms with E-state index < -0.39 is 0 Å². The lowest BCUT2D eigenvalue weighted by Gasteiger charge is -2.40. The third-order valence-corrected chi connectivity index (χ3v) is 5.81. The summed E-state index contributed by atoms with van der Waals surface area (Å²) < 4.78 is 1.83. The average molecular weight is 448 g/mol. The quantitative estimate of drug-likeness (QED) is 0.639. The number of phenolic OH excluding ortho intramolecular Hbond substituents is 1. The summed E-state index contributed by atoms with van der Waals surface area (Å²) in [5, 5.41) is 23.6. The van der Waals surface area contributed by atoms with Crippen molar-refractivity contribution in [2.75, 3.05) is 31.1 Å². The number of pyridine rings is 1. The molecule has 2 aromatic heterocycles. The minimum absolute atomic E-state index is 0.116. The first kappa shape index (κ1) is 20.8. The fourth-order valence-electron chi connectivity index (χ4n) is 3.88. The molecule has 0 saturated carbocycles. The molecule has 0 amide bonds. The van der Waals surface area contributed by atoms with Crippen LogP contribution in [0.15, 0.2) is 36.7 Å². The first-order chi connectivity index (χ1) is 14.5. The SMILES string of the molecule is CC(C)n1nnnc1C(c1cccc(O)c1)N1CCN(c2c(Cl)cncc2Cl)CC1. The van der Waals surface area contributed by atoms with Crippen LogP contribution in [0, 0.1) is 0 Å². The Kier molecular flexibility index (Phi) is 6.08. The van der Waals surface area contributed by atoms with Crippen LogP contribution >= 0.6 is 23.2 Å². The van der Waals surface area contributed by atoms with Gasteiger partial charge in [0.1, 0.15) is 5.75 Å². The number of aromatic nitrogens is 5. The van der Waals surface area contributed by atoms with E-state index in [-0.39, 0.29) is 17.8 Å². The summed E-state index contributed by atoms with van der Waals surface area (Å²) in [6.45, 7) is 7.07. The highest BCUT2D eigenvalue weighted by Gasteiger charge is 2.32. The van der Waals surface area contributed by atoms with Crippen LogP contribution in [0.5, 0.6) is 5.75 Å². The molecule has 1 atom stereocenters. The van der Waals surface area contributed by atoms with E-state index in [0.717, 1.165) is 43.3 Å². The fourth-order valence-corrected chi connectivity index (χ4v) is 4.48. The van der Waals surface area contributed by atoms with Crippen LogP contribution in [-0.2, 0) is 0 Å². The molecule has 1 aromatic carbocycles. The molecule has 4 rings (SSSR count). The number of benzene rings is 1. The van der Waals surface area contributed by atoms with Crippen LogP contribution in [0.3, 0.4) is 0 Å². The van der Waals surface area contributed by atoms with Gasteiger partial charge in [0.15, 0.2) is 5.82 Å². The number of piperazine rings is 1. The molecule has 30 heavy (non-hydrogen) atoms. The Labute approximate surface area is 185 Å². The Balaban J connectivity index is 1.64. The minimum atomic E-state index is -0.181. The number of anilines is 1. The van der Waals surface area contributed by atoms with Gasteiger partial charge in [0.05, 0.1) is 27.8 Å². The molecule has 10 heteroatoms. The number of phenols is 1. The largest absolute Gasteiger partial charge is 0.508 e. The van der Waals surface area contributed by atoms with E-state index >= 15 is 0 Å². The lowest BCUT2D eigenvalue weighted by atomic mass is 10.0. The molecule has 0 spiro atoms. The predicted octanol–water partition coefficient (Wildman–Crippen LogP) is 3.57. The Hall–Kier alpha value is -2.42. The molecule has 1 unspecified atom stereocenters. The number of aromatic hydroxyl groups is 1. The summed E-state index contributed by atoms with van der Waals surface area (Å²) in [4.78, 5) is 8.53. The van der Waals surface area contributed by atoms with Crippen LogP contribution in [0.1, 0.15) is 37.3 Å². The summed E-state index contributed by atoms with van der Waals surface area (Å²) in [5.74, 6) is 0.971. The zero-order valence-corrected chi connectivity index (χ0v) is 18.3. The van der Waals surface area contributed by atoms with Crippen molar-refractivity contribution in [3.63, 3.8) is 0 Å². The number of rotatable bonds is 5. The zero-order chi connectivity index (χ0) is 21.3. The Bertz CT molecular complexity index is 998. The van der Waals surface area contributed by atoms with Crippen molar-refractivity contribution in [1.82, 2.24) is 30.1 Å². The molecule has 3 aromatic rings. The Morgan fingerprint density at radius 1 is 1.03 bits per heavy atom. The molecule has 0 aliphatic carbocycles. The number of hydrogen-bond acceptors (Lipinski definition) is 7. The highest BCUT2D eigenvalue weighted by atomic mass is 35.5. The van der Waals surface area contributed by atoms with Crippen LogP contribution in [0.25, 0.3) is 0 Å². The number of hydrogen-bond donors (Lipinski definition) is 1. The molecule has 1 aliphatic heterocycles. The van der Waals surface area contributed by atoms with Crippen molar-refractivity contribution in [1.29, 1.82) is 0 Å². The van der Waals surface area contributed by atoms with Crippen molar-refractivity contribution in [3.8, 4) is 5.75 Å². The highest BCUT2D eigenvalue weighted by Crippen LogP contribution is 2.35. The van der Waals surface area contributed by atoms with E-state index in [4.69, 9.17) is 23.2 Å². The lowest BCUT2D eigenvalue weighted by Crippen LogP contribution is -2.48. The van der Waals surface area contributed by atoms with E-state index in [2.05, 4.69) is 30.3 Å². The fraction of sp³-hybridized carbons (Fsp3) is 0.400. The van der Waals surface area contributed by atoms with Gasteiger partial charge in [-0.15, -0.1) is 5.10 Å². The van der Waals surface area contributed by atoms with Gasteiger partial charge in [-0.1, -0.05) is 35.3 Å². The normalized spacial score (nSPS) is 16.2. The Morgan fingerprint density at radius 2 is 1.73 bits per heavy atom. The summed E-state index contributed by atoms with van der Waals surface area (Å²) in [6, 6.07) is 7.20. The average Bonchev–Trinajstić information content (AvgIpc) is 3.19. The van der Waals surface area contributed by atoms with Gasteiger partial charge in [0.2, 0.25) is 0 Å². The van der Waals surface area contributed by atoms with Gasteiger partial charge >= 0.3 is 0 Å². The van der Waals surface area contributed by atoms with Gasteiger partial charge in [-0.25, -0.2) is 4.68 Å². The summed E-state index contributed by atoms with van der Waals surface area (Å²) >= 11 is 12.7. The summed E-state index contributed by atoms with van der Waals surface area (Å²) in [5.41, 5.74) is 1.76. The molecule has 1 saturated heterocycles. The molecule has 1 aliphatic rings. The van der Waals surface area contributed by atoms with Gasteiger partial charge in [-0.3, -0.25) is 9.88 Å². The van der Waals surface area contributed by atoms with Crippen molar-refractivity contribution in [2.24, 2.45) is 0 Å². The molecular weight excluding hydrogens is 425 g/mol. The maximum atomic E-state index is 10.1. The molecule has 158 valence electrons. The van der Waals surface area contributed by atoms with Gasteiger partial charge in [-0.2, -0.15) is 0 Å². The van der Waals surface area contributed by atoms with Crippen molar-refractivity contribution in [2.45, 2.75) is 25.9 Å². The van der Waals surface area contributed by atoms with Crippen LogP contribution in [-0.4, -0.2) is 61.4 Å². The maximum Gasteiger partial charge on any atom is 0.173 e. The molecule has 0 radical (unpaired) electrons. The van der Waals surface area contributed by atoms with Crippen LogP contribution < -0.4 is 4.90 Å². The third-order valence-electron chi connectivity index (χ3n) is 5.26. The molecule has 1 fully saturated rings. The van der Waals surface area contributed by atoms with E-state index in [1.807, 2.05) is 30.7 Å². The first-order valence-corrected chi connectivity index (χ1v) is 10.6. The summed E-state index contributed by atoms with van der Waals surface area (Å²) in [7, 11) is 0. The lowest BCUT2D eigenvalue weighted by molar-refractivity contribution is 0.199. The van der Waals surface area contributed by atoms with Crippen molar-refractivity contribution in [3.05, 3.63) is 58.1 Å². The van der Waals surface area contributed by atoms with Crippen LogP contribution in [0.4, 0.5) is 5.69 Å².